The van der Waals surface area contributed by atoms with Crippen molar-refractivity contribution in [3.63, 3.8) is 0 Å². The molecule has 3 aliphatic rings. The van der Waals surface area contributed by atoms with Crippen LogP contribution in [-0.4, -0.2) is 28.4 Å². The summed E-state index contributed by atoms with van der Waals surface area (Å²) in [4.78, 5) is 26.4. The molecule has 4 heteroatoms. The molecule has 114 valence electrons. The van der Waals surface area contributed by atoms with Crippen molar-refractivity contribution in [1.82, 2.24) is 4.90 Å². The maximum absolute atomic E-state index is 12.9. The third-order valence-electron chi connectivity index (χ3n) is 5.47. The van der Waals surface area contributed by atoms with Gasteiger partial charge in [0.15, 0.2) is 0 Å². The van der Waals surface area contributed by atoms with E-state index in [1.807, 2.05) is 29.2 Å². The number of carboxylic acids is 1. The van der Waals surface area contributed by atoms with E-state index >= 15 is 0 Å². The molecule has 1 aromatic carbocycles. The Morgan fingerprint density at radius 2 is 1.73 bits per heavy atom. The summed E-state index contributed by atoms with van der Waals surface area (Å²) in [6, 6.07) is 8.19. The van der Waals surface area contributed by atoms with Crippen molar-refractivity contribution < 1.29 is 14.7 Å². The Hall–Kier alpha value is -2.10. The Kier molecular flexibility index (Phi) is 3.06. The van der Waals surface area contributed by atoms with Gasteiger partial charge in [-0.15, -0.1) is 0 Å². The minimum Gasteiger partial charge on any atom is -0.481 e. The minimum atomic E-state index is -0.826. The van der Waals surface area contributed by atoms with Crippen LogP contribution in [0.5, 0.6) is 0 Å². The SMILES string of the molecule is O=C(O)[C@@H]1[C@H](C(=O)N2CCc3ccccc3C2)[C@@H]2C=C[C@@H]1C2. The molecule has 0 saturated heterocycles. The molecular formula is C18H19NO3. The molecule has 2 bridgehead atoms. The highest BCUT2D eigenvalue weighted by Crippen LogP contribution is 2.49. The van der Waals surface area contributed by atoms with Crippen LogP contribution in [0.15, 0.2) is 36.4 Å². The van der Waals surface area contributed by atoms with Gasteiger partial charge in [-0.2, -0.15) is 0 Å². The number of amides is 1. The van der Waals surface area contributed by atoms with Crippen LogP contribution in [0, 0.1) is 23.7 Å². The number of allylic oxidation sites excluding steroid dienone is 2. The van der Waals surface area contributed by atoms with Crippen molar-refractivity contribution >= 4 is 11.9 Å². The summed E-state index contributed by atoms with van der Waals surface area (Å²) < 4.78 is 0. The van der Waals surface area contributed by atoms with Crippen molar-refractivity contribution in [2.24, 2.45) is 23.7 Å². The second kappa shape index (κ2) is 4.97. The van der Waals surface area contributed by atoms with E-state index in [2.05, 4.69) is 12.1 Å². The topological polar surface area (TPSA) is 57.6 Å². The fraction of sp³-hybridized carbons (Fsp3) is 0.444. The van der Waals surface area contributed by atoms with Gasteiger partial charge in [-0.25, -0.2) is 0 Å². The highest BCUT2D eigenvalue weighted by atomic mass is 16.4. The standard InChI is InChI=1S/C18H19NO3/c20-17(15-12-5-6-13(9-12)16(15)18(21)22)19-8-7-11-3-1-2-4-14(11)10-19/h1-6,12-13,15-16H,7-10H2,(H,21,22)/t12-,13-,15-,16+/m1/s1. The Bertz CT molecular complexity index is 666. The van der Waals surface area contributed by atoms with Crippen molar-refractivity contribution in [3.05, 3.63) is 47.5 Å². The molecule has 22 heavy (non-hydrogen) atoms. The summed E-state index contributed by atoms with van der Waals surface area (Å²) in [5, 5.41) is 9.51. The Morgan fingerprint density at radius 3 is 2.45 bits per heavy atom. The first kappa shape index (κ1) is 13.6. The predicted molar refractivity (Wildman–Crippen MR) is 80.9 cm³/mol. The second-order valence-corrected chi connectivity index (χ2v) is 6.62. The maximum atomic E-state index is 12.9. The van der Waals surface area contributed by atoms with Crippen LogP contribution in [0.3, 0.4) is 0 Å². The fourth-order valence-electron chi connectivity index (χ4n) is 4.39. The van der Waals surface area contributed by atoms with Crippen LogP contribution < -0.4 is 0 Å². The zero-order chi connectivity index (χ0) is 15.3. The average Bonchev–Trinajstić information content (AvgIpc) is 3.14. The van der Waals surface area contributed by atoms with Crippen molar-refractivity contribution in [2.45, 2.75) is 19.4 Å². The normalized spacial score (nSPS) is 32.1. The number of carboxylic acid groups (broad SMARTS) is 1. The van der Waals surface area contributed by atoms with Gasteiger partial charge < -0.3 is 10.0 Å². The number of hydrogen-bond acceptors (Lipinski definition) is 2. The number of aliphatic carboxylic acids is 1. The molecule has 0 unspecified atom stereocenters. The molecule has 1 aliphatic heterocycles. The summed E-state index contributed by atoms with van der Waals surface area (Å²) in [6.07, 6.45) is 5.71. The van der Waals surface area contributed by atoms with Gasteiger partial charge in [-0.3, -0.25) is 9.59 Å². The molecule has 1 N–H and O–H groups in total. The first-order valence-electron chi connectivity index (χ1n) is 7.92. The number of hydrogen-bond donors (Lipinski definition) is 1. The van der Waals surface area contributed by atoms with E-state index in [4.69, 9.17) is 0 Å². The number of benzene rings is 1. The first-order valence-corrected chi connectivity index (χ1v) is 7.92. The second-order valence-electron chi connectivity index (χ2n) is 6.62. The van der Waals surface area contributed by atoms with Crippen LogP contribution in [0.4, 0.5) is 0 Å². The van der Waals surface area contributed by atoms with E-state index < -0.39 is 11.9 Å². The van der Waals surface area contributed by atoms with E-state index in [-0.39, 0.29) is 23.7 Å². The monoisotopic (exact) mass is 297 g/mol. The summed E-state index contributed by atoms with van der Waals surface area (Å²) in [5.74, 6) is -1.58. The lowest BCUT2D eigenvalue weighted by atomic mass is 9.81. The summed E-state index contributed by atoms with van der Waals surface area (Å²) in [5.41, 5.74) is 2.49. The third kappa shape index (κ3) is 1.97. The molecule has 4 rings (SSSR count). The molecule has 0 radical (unpaired) electrons. The van der Waals surface area contributed by atoms with Gasteiger partial charge in [0.05, 0.1) is 11.8 Å². The molecule has 0 aromatic heterocycles. The number of carbonyl (C=O) groups is 2. The van der Waals surface area contributed by atoms with Gasteiger partial charge in [0.1, 0.15) is 0 Å². The lowest BCUT2D eigenvalue weighted by Crippen LogP contribution is -2.44. The van der Waals surface area contributed by atoms with E-state index in [0.29, 0.717) is 13.1 Å². The van der Waals surface area contributed by atoms with E-state index in [9.17, 15) is 14.7 Å². The van der Waals surface area contributed by atoms with Crippen molar-refractivity contribution in [1.29, 1.82) is 0 Å². The minimum absolute atomic E-state index is 0.0266. The Balaban J connectivity index is 1.58. The lowest BCUT2D eigenvalue weighted by molar-refractivity contribution is -0.151. The number of carbonyl (C=O) groups excluding carboxylic acids is 1. The molecule has 2 aliphatic carbocycles. The molecule has 1 aromatic rings. The zero-order valence-electron chi connectivity index (χ0n) is 12.3. The molecule has 1 heterocycles. The molecule has 1 fully saturated rings. The van der Waals surface area contributed by atoms with Gasteiger partial charge in [-0.05, 0) is 35.8 Å². The van der Waals surface area contributed by atoms with Gasteiger partial charge in [0, 0.05) is 13.1 Å². The predicted octanol–water partition coefficient (Wildman–Crippen LogP) is 2.09. The molecule has 0 spiro atoms. The van der Waals surface area contributed by atoms with Gasteiger partial charge in [-0.1, -0.05) is 36.4 Å². The molecule has 4 nitrogen and oxygen atoms in total. The molecule has 4 atom stereocenters. The van der Waals surface area contributed by atoms with Crippen LogP contribution in [0.1, 0.15) is 17.5 Å². The lowest BCUT2D eigenvalue weighted by Gasteiger charge is -2.34. The summed E-state index contributed by atoms with van der Waals surface area (Å²) in [7, 11) is 0. The Labute approximate surface area is 129 Å². The van der Waals surface area contributed by atoms with Crippen LogP contribution in [0.25, 0.3) is 0 Å². The van der Waals surface area contributed by atoms with Crippen molar-refractivity contribution in [3.8, 4) is 0 Å². The van der Waals surface area contributed by atoms with Gasteiger partial charge in [0.25, 0.3) is 0 Å². The zero-order valence-corrected chi connectivity index (χ0v) is 12.3. The average molecular weight is 297 g/mol. The third-order valence-corrected chi connectivity index (χ3v) is 5.47. The summed E-state index contributed by atoms with van der Waals surface area (Å²) in [6.45, 7) is 1.30. The first-order chi connectivity index (χ1) is 10.6. The van der Waals surface area contributed by atoms with Crippen LogP contribution in [0.2, 0.25) is 0 Å². The number of fused-ring (bicyclic) bond motifs is 3. The van der Waals surface area contributed by atoms with Crippen LogP contribution >= 0.6 is 0 Å². The van der Waals surface area contributed by atoms with Crippen molar-refractivity contribution in [2.75, 3.05) is 6.54 Å². The quantitative estimate of drug-likeness (QED) is 0.850. The summed E-state index contributed by atoms with van der Waals surface area (Å²) >= 11 is 0. The fourth-order valence-corrected chi connectivity index (χ4v) is 4.39. The Morgan fingerprint density at radius 1 is 1.05 bits per heavy atom. The van der Waals surface area contributed by atoms with E-state index in [1.165, 1.54) is 11.1 Å². The highest BCUT2D eigenvalue weighted by Gasteiger charge is 2.52. The van der Waals surface area contributed by atoms with Crippen LogP contribution in [-0.2, 0) is 22.6 Å². The van der Waals surface area contributed by atoms with E-state index in [0.717, 1.165) is 12.8 Å². The smallest absolute Gasteiger partial charge is 0.307 e. The maximum Gasteiger partial charge on any atom is 0.307 e. The number of rotatable bonds is 2. The highest BCUT2D eigenvalue weighted by molar-refractivity contribution is 5.87. The molecule has 1 amide bonds. The molecule has 1 saturated carbocycles. The number of nitrogens with zero attached hydrogens (tertiary/aromatic N) is 1. The van der Waals surface area contributed by atoms with E-state index in [1.54, 1.807) is 0 Å². The largest absolute Gasteiger partial charge is 0.481 e. The molecular weight excluding hydrogens is 278 g/mol. The van der Waals surface area contributed by atoms with Gasteiger partial charge >= 0.3 is 5.97 Å². The van der Waals surface area contributed by atoms with Gasteiger partial charge in [0.2, 0.25) is 5.91 Å².